The maximum Gasteiger partial charge on any atom is 0.160 e. The highest BCUT2D eigenvalue weighted by Gasteiger charge is 2.32. The van der Waals surface area contributed by atoms with Gasteiger partial charge in [-0.2, -0.15) is 0 Å². The summed E-state index contributed by atoms with van der Waals surface area (Å²) in [5, 5.41) is 0. The zero-order valence-corrected chi connectivity index (χ0v) is 10.5. The minimum absolute atomic E-state index is 0.132. The standard InChI is InChI=1S/C14H15O2S/c1-14(17(2,15)16)10-8-13(9-11-14)12-6-4-3-5-7-12/h3-11,13H,1H2,2H3. The molecule has 89 valence electrons. The Kier molecular flexibility index (Phi) is 2.96. The highest BCUT2D eigenvalue weighted by atomic mass is 32.2. The molecule has 0 heterocycles. The van der Waals surface area contributed by atoms with Crippen LogP contribution in [0.4, 0.5) is 0 Å². The molecule has 1 aliphatic rings. The minimum atomic E-state index is -3.22. The molecule has 0 bridgehead atoms. The van der Waals surface area contributed by atoms with E-state index >= 15 is 0 Å². The van der Waals surface area contributed by atoms with Crippen molar-refractivity contribution < 1.29 is 8.42 Å². The monoisotopic (exact) mass is 247 g/mol. The van der Waals surface area contributed by atoms with Crippen LogP contribution in [0.25, 0.3) is 0 Å². The van der Waals surface area contributed by atoms with Crippen molar-refractivity contribution in [2.75, 3.05) is 6.26 Å². The normalized spacial score (nSPS) is 28.2. The lowest BCUT2D eigenvalue weighted by Crippen LogP contribution is -2.31. The fourth-order valence-electron chi connectivity index (χ4n) is 1.80. The molecule has 1 aromatic rings. The van der Waals surface area contributed by atoms with Gasteiger partial charge in [-0.25, -0.2) is 8.42 Å². The fourth-order valence-corrected chi connectivity index (χ4v) is 2.45. The van der Waals surface area contributed by atoms with Gasteiger partial charge in [0.25, 0.3) is 0 Å². The van der Waals surface area contributed by atoms with E-state index in [0.29, 0.717) is 0 Å². The topological polar surface area (TPSA) is 34.1 Å². The van der Waals surface area contributed by atoms with Crippen LogP contribution in [-0.4, -0.2) is 19.4 Å². The van der Waals surface area contributed by atoms with Gasteiger partial charge in [-0.05, 0) is 12.5 Å². The first-order valence-corrected chi connectivity index (χ1v) is 7.30. The van der Waals surface area contributed by atoms with Gasteiger partial charge in [0, 0.05) is 12.2 Å². The van der Waals surface area contributed by atoms with Crippen LogP contribution in [0, 0.1) is 6.92 Å². The van der Waals surface area contributed by atoms with Crippen LogP contribution in [-0.2, 0) is 9.84 Å². The summed E-state index contributed by atoms with van der Waals surface area (Å²) in [6.45, 7) is 3.77. The quantitative estimate of drug-likeness (QED) is 0.753. The fraction of sp³-hybridized carbons (Fsp3) is 0.214. The van der Waals surface area contributed by atoms with Crippen LogP contribution in [0.15, 0.2) is 54.6 Å². The lowest BCUT2D eigenvalue weighted by molar-refractivity contribution is 0.591. The summed E-state index contributed by atoms with van der Waals surface area (Å²) < 4.78 is 22.1. The van der Waals surface area contributed by atoms with Gasteiger partial charge in [-0.3, -0.25) is 0 Å². The van der Waals surface area contributed by atoms with E-state index in [4.69, 9.17) is 0 Å². The SMILES string of the molecule is [CH2]C1(S(C)(=O)=O)C=CC(c2ccccc2)C=C1. The molecule has 0 fully saturated rings. The zero-order chi connectivity index (χ0) is 12.5. The van der Waals surface area contributed by atoms with Crippen LogP contribution >= 0.6 is 0 Å². The first kappa shape index (κ1) is 12.1. The molecule has 0 saturated heterocycles. The predicted molar refractivity (Wildman–Crippen MR) is 70.4 cm³/mol. The average Bonchev–Trinajstić information content (AvgIpc) is 2.30. The van der Waals surface area contributed by atoms with Crippen molar-refractivity contribution in [1.29, 1.82) is 0 Å². The predicted octanol–water partition coefficient (Wildman–Crippen LogP) is 2.51. The van der Waals surface area contributed by atoms with Crippen molar-refractivity contribution in [3.8, 4) is 0 Å². The van der Waals surface area contributed by atoms with Gasteiger partial charge < -0.3 is 0 Å². The largest absolute Gasteiger partial charge is 0.228 e. The van der Waals surface area contributed by atoms with Crippen molar-refractivity contribution in [2.45, 2.75) is 10.7 Å². The summed E-state index contributed by atoms with van der Waals surface area (Å²) in [6.07, 6.45) is 8.32. The molecule has 1 radical (unpaired) electrons. The van der Waals surface area contributed by atoms with Crippen molar-refractivity contribution in [2.24, 2.45) is 0 Å². The smallest absolute Gasteiger partial charge is 0.160 e. The molecule has 0 saturated carbocycles. The van der Waals surface area contributed by atoms with Crippen LogP contribution in [0.2, 0.25) is 0 Å². The number of sulfone groups is 1. The lowest BCUT2D eigenvalue weighted by atomic mass is 9.91. The molecule has 0 N–H and O–H groups in total. The van der Waals surface area contributed by atoms with E-state index in [0.717, 1.165) is 5.56 Å². The molecule has 2 nitrogen and oxygen atoms in total. The molecule has 0 unspecified atom stereocenters. The molecule has 1 aromatic carbocycles. The highest BCUT2D eigenvalue weighted by molar-refractivity contribution is 7.92. The summed E-state index contributed by atoms with van der Waals surface area (Å²) in [4.78, 5) is 0. The first-order chi connectivity index (χ1) is 7.92. The molecule has 0 aliphatic heterocycles. The second-order valence-electron chi connectivity index (χ2n) is 4.38. The Morgan fingerprint density at radius 3 is 2.12 bits per heavy atom. The molecule has 3 heteroatoms. The Labute approximate surface area is 103 Å². The summed E-state index contributed by atoms with van der Waals surface area (Å²) in [5.41, 5.74) is 1.15. The van der Waals surface area contributed by atoms with Gasteiger partial charge >= 0.3 is 0 Å². The Hall–Kier alpha value is -1.35. The molecule has 0 atom stereocenters. The van der Waals surface area contributed by atoms with Gasteiger partial charge in [0.05, 0.1) is 0 Å². The van der Waals surface area contributed by atoms with Crippen LogP contribution in [0.3, 0.4) is 0 Å². The third kappa shape index (κ3) is 2.34. The van der Waals surface area contributed by atoms with E-state index in [1.54, 1.807) is 12.2 Å². The van der Waals surface area contributed by atoms with Crippen LogP contribution in [0.1, 0.15) is 11.5 Å². The Bertz CT molecular complexity index is 539. The molecular formula is C14H15O2S. The second kappa shape index (κ2) is 4.15. The molecule has 2 rings (SSSR count). The first-order valence-electron chi connectivity index (χ1n) is 5.41. The summed E-state index contributed by atoms with van der Waals surface area (Å²) >= 11 is 0. The average molecular weight is 247 g/mol. The Morgan fingerprint density at radius 1 is 1.12 bits per heavy atom. The van der Waals surface area contributed by atoms with Gasteiger partial charge in [0.15, 0.2) is 9.84 Å². The number of benzene rings is 1. The third-order valence-corrected chi connectivity index (χ3v) is 4.70. The van der Waals surface area contributed by atoms with Crippen molar-refractivity contribution >= 4 is 9.84 Å². The molecule has 0 amide bonds. The van der Waals surface area contributed by atoms with Gasteiger partial charge in [-0.15, -0.1) is 0 Å². The van der Waals surface area contributed by atoms with Crippen molar-refractivity contribution in [3.63, 3.8) is 0 Å². The van der Waals surface area contributed by atoms with Gasteiger partial charge in [-0.1, -0.05) is 54.6 Å². The van der Waals surface area contributed by atoms with Crippen molar-refractivity contribution in [1.82, 2.24) is 0 Å². The van der Waals surface area contributed by atoms with E-state index in [2.05, 4.69) is 6.92 Å². The van der Waals surface area contributed by atoms with Crippen LogP contribution < -0.4 is 0 Å². The highest BCUT2D eigenvalue weighted by Crippen LogP contribution is 2.30. The Morgan fingerprint density at radius 2 is 1.65 bits per heavy atom. The Balaban J connectivity index is 2.28. The second-order valence-corrected chi connectivity index (χ2v) is 6.69. The van der Waals surface area contributed by atoms with Gasteiger partial charge in [0.1, 0.15) is 4.75 Å². The van der Waals surface area contributed by atoms with E-state index in [1.807, 2.05) is 42.5 Å². The van der Waals surface area contributed by atoms with E-state index in [-0.39, 0.29) is 5.92 Å². The van der Waals surface area contributed by atoms with Gasteiger partial charge in [0.2, 0.25) is 0 Å². The molecule has 17 heavy (non-hydrogen) atoms. The summed E-state index contributed by atoms with van der Waals surface area (Å²) in [6, 6.07) is 9.95. The summed E-state index contributed by atoms with van der Waals surface area (Å²) in [5.74, 6) is 0.132. The number of allylic oxidation sites excluding steroid dienone is 2. The summed E-state index contributed by atoms with van der Waals surface area (Å²) in [7, 11) is -3.22. The zero-order valence-electron chi connectivity index (χ0n) is 9.71. The molecule has 0 aromatic heterocycles. The maximum absolute atomic E-state index is 11.6. The van der Waals surface area contributed by atoms with Crippen molar-refractivity contribution in [3.05, 3.63) is 67.1 Å². The van der Waals surface area contributed by atoms with Crippen LogP contribution in [0.5, 0.6) is 0 Å². The van der Waals surface area contributed by atoms with E-state index in [9.17, 15) is 8.42 Å². The lowest BCUT2D eigenvalue weighted by Gasteiger charge is -2.25. The maximum atomic E-state index is 11.6. The molecule has 0 spiro atoms. The number of rotatable bonds is 2. The van der Waals surface area contributed by atoms with E-state index < -0.39 is 14.6 Å². The minimum Gasteiger partial charge on any atom is -0.228 e. The number of hydrogen-bond donors (Lipinski definition) is 0. The molecular weight excluding hydrogens is 232 g/mol. The third-order valence-electron chi connectivity index (χ3n) is 3.05. The number of hydrogen-bond acceptors (Lipinski definition) is 2. The molecule has 1 aliphatic carbocycles. The van der Waals surface area contributed by atoms with E-state index in [1.165, 1.54) is 6.26 Å².